The highest BCUT2D eigenvalue weighted by atomic mass is 16.5. The van der Waals surface area contributed by atoms with E-state index in [1.807, 2.05) is 7.05 Å². The first kappa shape index (κ1) is 11.4. The van der Waals surface area contributed by atoms with E-state index in [2.05, 4.69) is 5.32 Å². The van der Waals surface area contributed by atoms with E-state index < -0.39 is 6.04 Å². The highest BCUT2D eigenvalue weighted by Crippen LogP contribution is 1.95. The molecule has 0 heterocycles. The molecule has 0 aromatic heterocycles. The first-order valence-electron chi connectivity index (χ1n) is 4.29. The molecule has 0 fully saturated rings. The summed E-state index contributed by atoms with van der Waals surface area (Å²) < 4.78 is 4.75. The molecule has 0 aliphatic rings. The zero-order valence-corrected chi connectivity index (χ0v) is 7.80. The first-order chi connectivity index (χ1) is 5.72. The lowest BCUT2D eigenvalue weighted by Crippen LogP contribution is -2.32. The fourth-order valence-electron chi connectivity index (χ4n) is 0.866. The number of ether oxygens (including phenoxy) is 1. The Bertz CT molecular complexity index is 128. The second kappa shape index (κ2) is 7.06. The number of hydrogen-bond acceptors (Lipinski definition) is 4. The number of rotatable bonds is 6. The van der Waals surface area contributed by atoms with Crippen LogP contribution in [0.15, 0.2) is 0 Å². The molecule has 72 valence electrons. The van der Waals surface area contributed by atoms with Gasteiger partial charge >= 0.3 is 5.97 Å². The summed E-state index contributed by atoms with van der Waals surface area (Å²) in [7, 11) is 1.87. The molecule has 0 radical (unpaired) electrons. The molecule has 0 amide bonds. The fourth-order valence-corrected chi connectivity index (χ4v) is 0.866. The predicted octanol–water partition coefficient (Wildman–Crippen LogP) is -0.124. The van der Waals surface area contributed by atoms with Gasteiger partial charge in [0, 0.05) is 0 Å². The second-order valence-electron chi connectivity index (χ2n) is 2.60. The lowest BCUT2D eigenvalue weighted by molar-refractivity contribution is -0.144. The number of esters is 1. The van der Waals surface area contributed by atoms with E-state index in [9.17, 15) is 4.79 Å². The lowest BCUT2D eigenvalue weighted by atomic mass is 10.2. The maximum atomic E-state index is 11.0. The van der Waals surface area contributed by atoms with Gasteiger partial charge in [-0.3, -0.25) is 4.79 Å². The summed E-state index contributed by atoms with van der Waals surface area (Å²) in [6.45, 7) is 3.06. The summed E-state index contributed by atoms with van der Waals surface area (Å²) >= 11 is 0. The average Bonchev–Trinajstić information content (AvgIpc) is 2.05. The van der Waals surface area contributed by atoms with Gasteiger partial charge in [0.05, 0.1) is 6.61 Å². The highest BCUT2D eigenvalue weighted by molar-refractivity contribution is 5.75. The van der Waals surface area contributed by atoms with Gasteiger partial charge in [0.25, 0.3) is 0 Å². The molecular formula is C8H18N2O2. The molecule has 4 heteroatoms. The zero-order valence-electron chi connectivity index (χ0n) is 7.80. The second-order valence-corrected chi connectivity index (χ2v) is 2.60. The number of nitrogens with two attached hydrogens (primary N) is 1. The van der Waals surface area contributed by atoms with Crippen LogP contribution in [-0.4, -0.2) is 32.2 Å². The molecule has 4 nitrogen and oxygen atoms in total. The number of hydrogen-bond donors (Lipinski definition) is 2. The van der Waals surface area contributed by atoms with Crippen LogP contribution in [0.5, 0.6) is 0 Å². The van der Waals surface area contributed by atoms with Crippen molar-refractivity contribution in [1.82, 2.24) is 5.32 Å². The zero-order chi connectivity index (χ0) is 9.40. The maximum absolute atomic E-state index is 11.0. The van der Waals surface area contributed by atoms with Gasteiger partial charge in [-0.25, -0.2) is 0 Å². The van der Waals surface area contributed by atoms with Gasteiger partial charge in [0.15, 0.2) is 0 Å². The molecule has 3 N–H and O–H groups in total. The minimum atomic E-state index is -0.460. The smallest absolute Gasteiger partial charge is 0.322 e. The Morgan fingerprint density at radius 3 is 2.83 bits per heavy atom. The number of carbonyl (C=O) groups is 1. The van der Waals surface area contributed by atoms with E-state index in [-0.39, 0.29) is 5.97 Å². The van der Waals surface area contributed by atoms with Crippen molar-refractivity contribution in [3.8, 4) is 0 Å². The number of carbonyl (C=O) groups excluding carboxylic acids is 1. The summed E-state index contributed by atoms with van der Waals surface area (Å²) in [6, 6.07) is -0.460. The highest BCUT2D eigenvalue weighted by Gasteiger charge is 2.12. The van der Waals surface area contributed by atoms with Crippen molar-refractivity contribution in [2.24, 2.45) is 5.73 Å². The standard InChI is InChI=1S/C8H18N2O2/c1-3-12-8(11)7(9)5-4-6-10-2/h7,10H,3-6,9H2,1-2H3/t7-/m1/s1. The predicted molar refractivity (Wildman–Crippen MR) is 47.8 cm³/mol. The minimum Gasteiger partial charge on any atom is -0.465 e. The lowest BCUT2D eigenvalue weighted by Gasteiger charge is -2.09. The maximum Gasteiger partial charge on any atom is 0.322 e. The van der Waals surface area contributed by atoms with Crippen LogP contribution in [0.2, 0.25) is 0 Å². The van der Waals surface area contributed by atoms with Crippen molar-refractivity contribution >= 4 is 5.97 Å². The molecule has 1 atom stereocenters. The Labute approximate surface area is 73.5 Å². The molecule has 12 heavy (non-hydrogen) atoms. The Morgan fingerprint density at radius 1 is 1.67 bits per heavy atom. The Kier molecular flexibility index (Phi) is 6.70. The van der Waals surface area contributed by atoms with E-state index in [0.717, 1.165) is 13.0 Å². The Morgan fingerprint density at radius 2 is 2.33 bits per heavy atom. The van der Waals surface area contributed by atoms with Gasteiger partial charge in [0.1, 0.15) is 6.04 Å². The van der Waals surface area contributed by atoms with Crippen LogP contribution in [0, 0.1) is 0 Å². The van der Waals surface area contributed by atoms with Crippen LogP contribution in [0.1, 0.15) is 19.8 Å². The minimum absolute atomic E-state index is 0.298. The monoisotopic (exact) mass is 174 g/mol. The van der Waals surface area contributed by atoms with E-state index in [0.29, 0.717) is 13.0 Å². The third kappa shape index (κ3) is 5.09. The molecule has 0 saturated heterocycles. The average molecular weight is 174 g/mol. The van der Waals surface area contributed by atoms with E-state index in [4.69, 9.17) is 10.5 Å². The molecule has 0 aromatic rings. The van der Waals surface area contributed by atoms with Crippen LogP contribution in [0.25, 0.3) is 0 Å². The molecule has 0 saturated carbocycles. The van der Waals surface area contributed by atoms with Crippen molar-refractivity contribution in [2.45, 2.75) is 25.8 Å². The molecule has 0 aliphatic heterocycles. The topological polar surface area (TPSA) is 64.3 Å². The summed E-state index contributed by atoms with van der Waals surface area (Å²) in [5.41, 5.74) is 5.54. The summed E-state index contributed by atoms with van der Waals surface area (Å²) in [5.74, 6) is -0.298. The number of nitrogens with one attached hydrogen (secondary N) is 1. The van der Waals surface area contributed by atoms with Crippen molar-refractivity contribution in [2.75, 3.05) is 20.2 Å². The first-order valence-corrected chi connectivity index (χ1v) is 4.29. The third-order valence-electron chi connectivity index (χ3n) is 1.53. The van der Waals surface area contributed by atoms with E-state index in [1.54, 1.807) is 6.92 Å². The van der Waals surface area contributed by atoms with Gasteiger partial charge in [-0.1, -0.05) is 0 Å². The molecule has 0 unspecified atom stereocenters. The Balaban J connectivity index is 3.42. The van der Waals surface area contributed by atoms with Crippen molar-refractivity contribution in [1.29, 1.82) is 0 Å². The van der Waals surface area contributed by atoms with Gasteiger partial charge in [-0.05, 0) is 33.4 Å². The van der Waals surface area contributed by atoms with Crippen LogP contribution < -0.4 is 11.1 Å². The van der Waals surface area contributed by atoms with Gasteiger partial charge in [0.2, 0.25) is 0 Å². The van der Waals surface area contributed by atoms with E-state index in [1.165, 1.54) is 0 Å². The van der Waals surface area contributed by atoms with Crippen LogP contribution in [0.3, 0.4) is 0 Å². The van der Waals surface area contributed by atoms with Gasteiger partial charge < -0.3 is 15.8 Å². The van der Waals surface area contributed by atoms with Crippen LogP contribution >= 0.6 is 0 Å². The van der Waals surface area contributed by atoms with Gasteiger partial charge in [-0.2, -0.15) is 0 Å². The normalized spacial score (nSPS) is 12.6. The van der Waals surface area contributed by atoms with Crippen LogP contribution in [-0.2, 0) is 9.53 Å². The quantitative estimate of drug-likeness (QED) is 0.435. The SMILES string of the molecule is CCOC(=O)[C@H](N)CCCNC. The summed E-state index contributed by atoms with van der Waals surface area (Å²) in [4.78, 5) is 11.0. The fraction of sp³-hybridized carbons (Fsp3) is 0.875. The largest absolute Gasteiger partial charge is 0.465 e. The molecule has 0 rings (SSSR count). The Hall–Kier alpha value is -0.610. The molecule has 0 spiro atoms. The van der Waals surface area contributed by atoms with E-state index >= 15 is 0 Å². The molecule has 0 aromatic carbocycles. The summed E-state index contributed by atoms with van der Waals surface area (Å²) in [6.07, 6.45) is 1.58. The van der Waals surface area contributed by atoms with Gasteiger partial charge in [-0.15, -0.1) is 0 Å². The van der Waals surface area contributed by atoms with Crippen molar-refractivity contribution < 1.29 is 9.53 Å². The summed E-state index contributed by atoms with van der Waals surface area (Å²) in [5, 5.41) is 2.99. The molecule has 0 aliphatic carbocycles. The third-order valence-corrected chi connectivity index (χ3v) is 1.53. The molecular weight excluding hydrogens is 156 g/mol. The van der Waals surface area contributed by atoms with Crippen molar-refractivity contribution in [3.63, 3.8) is 0 Å². The molecule has 0 bridgehead atoms. The van der Waals surface area contributed by atoms with Crippen LogP contribution in [0.4, 0.5) is 0 Å². The van der Waals surface area contributed by atoms with Crippen molar-refractivity contribution in [3.05, 3.63) is 0 Å².